The van der Waals surface area contributed by atoms with Crippen LogP contribution in [0, 0.1) is 17.1 Å². The smallest absolute Gasteiger partial charge is 0.341 e. The molecule has 3 rings (SSSR count). The third kappa shape index (κ3) is 3.87. The molecule has 0 aliphatic heterocycles. The second-order valence-electron chi connectivity index (χ2n) is 5.78. The number of nitrogens with one attached hydrogen (secondary N) is 1. The van der Waals surface area contributed by atoms with E-state index in [2.05, 4.69) is 11.4 Å². The van der Waals surface area contributed by atoms with Gasteiger partial charge in [-0.3, -0.25) is 4.79 Å². The van der Waals surface area contributed by atoms with Crippen LogP contribution in [0.25, 0.3) is 0 Å². The van der Waals surface area contributed by atoms with E-state index in [9.17, 15) is 19.2 Å². The Morgan fingerprint density at radius 2 is 2.12 bits per heavy atom. The molecule has 1 amide bonds. The average Bonchev–Trinajstić information content (AvgIpc) is 2.98. The highest BCUT2D eigenvalue weighted by atomic mass is 35.5. The van der Waals surface area contributed by atoms with E-state index in [4.69, 9.17) is 16.3 Å². The van der Waals surface area contributed by atoms with Crippen LogP contribution in [0.3, 0.4) is 0 Å². The molecule has 1 aromatic heterocycles. The Bertz CT molecular complexity index is 920. The van der Waals surface area contributed by atoms with E-state index in [0.29, 0.717) is 10.6 Å². The van der Waals surface area contributed by atoms with Gasteiger partial charge in [-0.15, -0.1) is 11.3 Å². The van der Waals surface area contributed by atoms with Crippen molar-refractivity contribution in [2.45, 2.75) is 25.7 Å². The minimum Gasteiger partial charge on any atom is -0.452 e. The van der Waals surface area contributed by atoms with Crippen molar-refractivity contribution in [1.82, 2.24) is 0 Å². The van der Waals surface area contributed by atoms with Gasteiger partial charge in [0.2, 0.25) is 0 Å². The van der Waals surface area contributed by atoms with Crippen molar-refractivity contribution in [3.05, 3.63) is 50.6 Å². The number of carbonyl (C=O) groups excluding carboxylic acids is 2. The van der Waals surface area contributed by atoms with Gasteiger partial charge in [0.25, 0.3) is 5.91 Å². The maximum atomic E-state index is 13.6. The van der Waals surface area contributed by atoms with Crippen LogP contribution >= 0.6 is 22.9 Å². The first-order chi connectivity index (χ1) is 12.5. The number of aryl methyl sites for hydroxylation is 1. The molecule has 0 atom stereocenters. The molecule has 5 nitrogen and oxygen atoms in total. The first kappa shape index (κ1) is 18.4. The Morgan fingerprint density at radius 1 is 1.35 bits per heavy atom. The Balaban J connectivity index is 1.65. The maximum absolute atomic E-state index is 13.6. The lowest BCUT2D eigenvalue weighted by atomic mass is 9.96. The Labute approximate surface area is 158 Å². The van der Waals surface area contributed by atoms with Crippen LogP contribution in [0.2, 0.25) is 5.02 Å². The molecular weight excluding hydrogens is 379 g/mol. The molecule has 1 N–H and O–H groups in total. The fraction of sp³-hybridized carbons (Fsp3) is 0.278. The first-order valence-corrected chi connectivity index (χ1v) is 9.15. The lowest BCUT2D eigenvalue weighted by Gasteiger charge is -2.09. The summed E-state index contributed by atoms with van der Waals surface area (Å²) in [6, 6.07) is 5.63. The summed E-state index contributed by atoms with van der Waals surface area (Å²) < 4.78 is 18.5. The van der Waals surface area contributed by atoms with Crippen molar-refractivity contribution < 1.29 is 18.7 Å². The third-order valence-electron chi connectivity index (χ3n) is 4.02. The summed E-state index contributed by atoms with van der Waals surface area (Å²) in [6.07, 6.45) is 3.81. The van der Waals surface area contributed by atoms with E-state index in [1.807, 2.05) is 0 Å². The Morgan fingerprint density at radius 3 is 2.88 bits per heavy atom. The molecule has 0 radical (unpaired) electrons. The van der Waals surface area contributed by atoms with Crippen molar-refractivity contribution in [3.63, 3.8) is 0 Å². The van der Waals surface area contributed by atoms with Gasteiger partial charge in [-0.2, -0.15) is 5.26 Å². The number of halogens is 2. The van der Waals surface area contributed by atoms with Gasteiger partial charge in [0.15, 0.2) is 6.61 Å². The van der Waals surface area contributed by atoms with Gasteiger partial charge in [0.05, 0.1) is 11.1 Å². The van der Waals surface area contributed by atoms with E-state index in [-0.39, 0.29) is 10.6 Å². The second-order valence-corrected chi connectivity index (χ2v) is 7.32. The number of nitriles is 1. The molecule has 0 saturated carbocycles. The number of carbonyl (C=O) groups is 2. The summed E-state index contributed by atoms with van der Waals surface area (Å²) in [5, 5.41) is 12.6. The number of ether oxygens (including phenoxy) is 1. The number of hydrogen-bond acceptors (Lipinski definition) is 5. The minimum absolute atomic E-state index is 0.186. The summed E-state index contributed by atoms with van der Waals surface area (Å²) >= 11 is 7.11. The first-order valence-electron chi connectivity index (χ1n) is 7.96. The zero-order chi connectivity index (χ0) is 18.7. The third-order valence-corrected chi connectivity index (χ3v) is 5.46. The quantitative estimate of drug-likeness (QED) is 0.795. The van der Waals surface area contributed by atoms with Crippen molar-refractivity contribution in [2.24, 2.45) is 0 Å². The van der Waals surface area contributed by atoms with E-state index in [1.54, 1.807) is 0 Å². The standard InChI is InChI=1S/C18H14ClFN2O3S/c19-10-5-6-14(20)12(7-10)18(24)25-9-16(23)22-17-13(8-21)11-3-1-2-4-15(11)26-17/h5-7H,1-4,9H2,(H,22,23). The number of thiophene rings is 1. The van der Waals surface area contributed by atoms with Crippen LogP contribution in [-0.2, 0) is 22.4 Å². The maximum Gasteiger partial charge on any atom is 0.341 e. The van der Waals surface area contributed by atoms with Crippen LogP contribution in [0.5, 0.6) is 0 Å². The Hall–Kier alpha value is -2.43. The largest absolute Gasteiger partial charge is 0.452 e. The van der Waals surface area contributed by atoms with Crippen LogP contribution in [0.1, 0.15) is 39.2 Å². The number of nitrogens with zero attached hydrogens (tertiary/aromatic N) is 1. The molecule has 0 unspecified atom stereocenters. The topological polar surface area (TPSA) is 79.2 Å². The molecule has 8 heteroatoms. The van der Waals surface area contributed by atoms with E-state index in [1.165, 1.54) is 17.4 Å². The highest BCUT2D eigenvalue weighted by molar-refractivity contribution is 7.16. The predicted molar refractivity (Wildman–Crippen MR) is 96.0 cm³/mol. The van der Waals surface area contributed by atoms with Crippen molar-refractivity contribution >= 4 is 39.8 Å². The minimum atomic E-state index is -0.980. The van der Waals surface area contributed by atoms with E-state index < -0.39 is 24.3 Å². The number of anilines is 1. The number of benzene rings is 1. The normalized spacial score (nSPS) is 12.8. The molecule has 134 valence electrons. The molecule has 0 bridgehead atoms. The van der Waals surface area contributed by atoms with Crippen LogP contribution in [0.15, 0.2) is 18.2 Å². The molecule has 2 aromatic rings. The molecule has 1 heterocycles. The molecule has 0 fully saturated rings. The molecule has 0 spiro atoms. The number of esters is 1. The number of hydrogen-bond donors (Lipinski definition) is 1. The lowest BCUT2D eigenvalue weighted by Crippen LogP contribution is -2.21. The summed E-state index contributed by atoms with van der Waals surface area (Å²) in [6.45, 7) is -0.585. The van der Waals surface area contributed by atoms with Gasteiger partial charge in [-0.05, 0) is 49.4 Å². The summed E-state index contributed by atoms with van der Waals surface area (Å²) in [5.74, 6) is -2.35. The monoisotopic (exact) mass is 392 g/mol. The zero-order valence-corrected chi connectivity index (χ0v) is 15.2. The molecular formula is C18H14ClFN2O3S. The van der Waals surface area contributed by atoms with E-state index in [0.717, 1.165) is 48.3 Å². The van der Waals surface area contributed by atoms with Crippen LogP contribution in [0.4, 0.5) is 9.39 Å². The zero-order valence-electron chi connectivity index (χ0n) is 13.6. The predicted octanol–water partition coefficient (Wildman–Crippen LogP) is 4.09. The van der Waals surface area contributed by atoms with Gasteiger partial charge >= 0.3 is 5.97 Å². The van der Waals surface area contributed by atoms with Gasteiger partial charge in [0.1, 0.15) is 16.9 Å². The SMILES string of the molecule is N#Cc1c(NC(=O)COC(=O)c2cc(Cl)ccc2F)sc2c1CCCC2. The fourth-order valence-corrected chi connectivity index (χ4v) is 4.23. The van der Waals surface area contributed by atoms with Gasteiger partial charge in [-0.1, -0.05) is 11.6 Å². The Kier molecular flexibility index (Phi) is 5.55. The van der Waals surface area contributed by atoms with Gasteiger partial charge < -0.3 is 10.1 Å². The molecule has 26 heavy (non-hydrogen) atoms. The number of amides is 1. The summed E-state index contributed by atoms with van der Waals surface area (Å²) in [7, 11) is 0. The lowest BCUT2D eigenvalue weighted by molar-refractivity contribution is -0.119. The van der Waals surface area contributed by atoms with Crippen molar-refractivity contribution in [1.29, 1.82) is 5.26 Å². The van der Waals surface area contributed by atoms with Crippen molar-refractivity contribution in [3.8, 4) is 6.07 Å². The number of rotatable bonds is 4. The fourth-order valence-electron chi connectivity index (χ4n) is 2.80. The molecule has 1 aliphatic rings. The highest BCUT2D eigenvalue weighted by Gasteiger charge is 2.22. The summed E-state index contributed by atoms with van der Waals surface area (Å²) in [5.41, 5.74) is 1.14. The molecule has 1 aromatic carbocycles. The van der Waals surface area contributed by atoms with Gasteiger partial charge in [-0.25, -0.2) is 9.18 Å². The van der Waals surface area contributed by atoms with Gasteiger partial charge in [0, 0.05) is 9.90 Å². The molecule has 1 aliphatic carbocycles. The number of fused-ring (bicyclic) bond motifs is 1. The highest BCUT2D eigenvalue weighted by Crippen LogP contribution is 2.37. The van der Waals surface area contributed by atoms with E-state index >= 15 is 0 Å². The van der Waals surface area contributed by atoms with Crippen LogP contribution in [-0.4, -0.2) is 18.5 Å². The summed E-state index contributed by atoms with van der Waals surface area (Å²) in [4.78, 5) is 25.1. The van der Waals surface area contributed by atoms with Crippen molar-refractivity contribution in [2.75, 3.05) is 11.9 Å². The van der Waals surface area contributed by atoms with Crippen LogP contribution < -0.4 is 5.32 Å². The molecule has 0 saturated heterocycles. The average molecular weight is 393 g/mol. The second kappa shape index (κ2) is 7.85.